The van der Waals surface area contributed by atoms with Crippen LogP contribution in [-0.2, 0) is 31.1 Å². The molecule has 0 spiro atoms. The molecule has 1 amide bonds. The SMILES string of the molecule is Cn1c(CC2CCCCC2)nnc1SCC(=O)Nc1sc2c(c1C#N)CCCCC2. The van der Waals surface area contributed by atoms with E-state index in [0.717, 1.165) is 48.6 Å². The van der Waals surface area contributed by atoms with Crippen LogP contribution in [-0.4, -0.2) is 26.4 Å². The van der Waals surface area contributed by atoms with Gasteiger partial charge in [-0.05, 0) is 37.2 Å². The number of carbonyl (C=O) groups excluding carboxylic acids is 1. The maximum absolute atomic E-state index is 12.6. The van der Waals surface area contributed by atoms with E-state index in [1.54, 1.807) is 11.3 Å². The number of amides is 1. The molecular formula is C22H29N5OS2. The van der Waals surface area contributed by atoms with Gasteiger partial charge in [-0.25, -0.2) is 0 Å². The molecule has 1 fully saturated rings. The molecule has 1 N–H and O–H groups in total. The molecule has 8 heteroatoms. The third kappa shape index (κ3) is 4.89. The van der Waals surface area contributed by atoms with Crippen LogP contribution in [0.3, 0.4) is 0 Å². The van der Waals surface area contributed by atoms with Crippen molar-refractivity contribution in [3.63, 3.8) is 0 Å². The zero-order valence-corrected chi connectivity index (χ0v) is 19.2. The number of fused-ring (bicyclic) bond motifs is 1. The summed E-state index contributed by atoms with van der Waals surface area (Å²) in [6.45, 7) is 0. The van der Waals surface area contributed by atoms with Crippen molar-refractivity contribution in [2.45, 2.75) is 75.8 Å². The minimum Gasteiger partial charge on any atom is -0.316 e. The second kappa shape index (κ2) is 9.97. The molecule has 2 aliphatic rings. The molecule has 0 radical (unpaired) electrons. The van der Waals surface area contributed by atoms with Gasteiger partial charge in [-0.1, -0.05) is 50.3 Å². The molecule has 4 rings (SSSR count). The first-order valence-electron chi connectivity index (χ1n) is 11.0. The normalized spacial score (nSPS) is 17.2. The van der Waals surface area contributed by atoms with Crippen molar-refractivity contribution in [1.82, 2.24) is 14.8 Å². The van der Waals surface area contributed by atoms with E-state index in [4.69, 9.17) is 0 Å². The number of rotatable bonds is 6. The Balaban J connectivity index is 1.35. The monoisotopic (exact) mass is 443 g/mol. The van der Waals surface area contributed by atoms with Crippen LogP contribution >= 0.6 is 23.1 Å². The Hall–Kier alpha value is -1.85. The van der Waals surface area contributed by atoms with Crippen LogP contribution in [0.5, 0.6) is 0 Å². The lowest BCUT2D eigenvalue weighted by atomic mass is 9.87. The van der Waals surface area contributed by atoms with Crippen molar-refractivity contribution in [1.29, 1.82) is 5.26 Å². The van der Waals surface area contributed by atoms with Crippen LogP contribution in [0, 0.1) is 17.2 Å². The van der Waals surface area contributed by atoms with E-state index in [1.807, 2.05) is 11.6 Å². The van der Waals surface area contributed by atoms with Crippen LogP contribution in [0.15, 0.2) is 5.16 Å². The fraction of sp³-hybridized carbons (Fsp3) is 0.636. The van der Waals surface area contributed by atoms with E-state index < -0.39 is 0 Å². The van der Waals surface area contributed by atoms with Gasteiger partial charge in [-0.15, -0.1) is 21.5 Å². The van der Waals surface area contributed by atoms with E-state index in [2.05, 4.69) is 21.6 Å². The number of nitrogens with one attached hydrogen (secondary N) is 1. The second-order valence-electron chi connectivity index (χ2n) is 8.38. The summed E-state index contributed by atoms with van der Waals surface area (Å²) >= 11 is 2.99. The highest BCUT2D eigenvalue weighted by Gasteiger charge is 2.22. The molecule has 2 heterocycles. The molecule has 0 aliphatic heterocycles. The van der Waals surface area contributed by atoms with Crippen LogP contribution < -0.4 is 5.32 Å². The molecule has 0 aromatic carbocycles. The first kappa shape index (κ1) is 21.4. The zero-order valence-electron chi connectivity index (χ0n) is 17.6. The molecular weight excluding hydrogens is 414 g/mol. The third-order valence-corrected chi connectivity index (χ3v) is 8.47. The summed E-state index contributed by atoms with van der Waals surface area (Å²) in [4.78, 5) is 13.8. The van der Waals surface area contributed by atoms with E-state index in [0.29, 0.717) is 16.5 Å². The van der Waals surface area contributed by atoms with Crippen molar-refractivity contribution in [2.75, 3.05) is 11.1 Å². The molecule has 1 saturated carbocycles. The van der Waals surface area contributed by atoms with Crippen LogP contribution in [0.1, 0.15) is 73.2 Å². The van der Waals surface area contributed by atoms with Gasteiger partial charge in [-0.3, -0.25) is 4.79 Å². The molecule has 2 aromatic rings. The number of hydrogen-bond acceptors (Lipinski definition) is 6. The van der Waals surface area contributed by atoms with Crippen molar-refractivity contribution >= 4 is 34.0 Å². The largest absolute Gasteiger partial charge is 0.316 e. The third-order valence-electron chi connectivity index (χ3n) is 6.24. The van der Waals surface area contributed by atoms with E-state index in [9.17, 15) is 10.1 Å². The van der Waals surface area contributed by atoms with Crippen molar-refractivity contribution in [3.05, 3.63) is 21.8 Å². The standard InChI is InChI=1S/C22H29N5OS2/c1-27-19(12-15-8-4-2-5-9-15)25-26-22(27)29-14-20(28)24-21-17(13-23)16-10-6-3-7-11-18(16)30-21/h15H,2-12,14H2,1H3,(H,24,28). The molecule has 0 unspecified atom stereocenters. The minimum atomic E-state index is -0.0928. The number of nitriles is 1. The number of thiophene rings is 1. The fourth-order valence-corrected chi connectivity index (χ4v) is 6.53. The summed E-state index contributed by atoms with van der Waals surface area (Å²) in [6.07, 6.45) is 13.0. The predicted octanol–water partition coefficient (Wildman–Crippen LogP) is 4.87. The van der Waals surface area contributed by atoms with Gasteiger partial charge in [0.2, 0.25) is 5.91 Å². The molecule has 0 saturated heterocycles. The maximum atomic E-state index is 12.6. The van der Waals surface area contributed by atoms with Crippen LogP contribution in [0.2, 0.25) is 0 Å². The van der Waals surface area contributed by atoms with Crippen molar-refractivity contribution in [2.24, 2.45) is 13.0 Å². The minimum absolute atomic E-state index is 0.0928. The summed E-state index contributed by atoms with van der Waals surface area (Å²) in [5.41, 5.74) is 1.83. The Bertz CT molecular complexity index is 936. The molecule has 2 aliphatic carbocycles. The lowest BCUT2D eigenvalue weighted by Gasteiger charge is -2.20. The molecule has 30 heavy (non-hydrogen) atoms. The number of nitrogens with zero attached hydrogens (tertiary/aromatic N) is 4. The molecule has 160 valence electrons. The highest BCUT2D eigenvalue weighted by molar-refractivity contribution is 7.99. The number of aromatic nitrogens is 3. The van der Waals surface area contributed by atoms with Gasteiger partial charge in [-0.2, -0.15) is 5.26 Å². The van der Waals surface area contributed by atoms with E-state index in [1.165, 1.54) is 55.2 Å². The Morgan fingerprint density at radius 3 is 2.77 bits per heavy atom. The first-order chi connectivity index (χ1) is 14.7. The van der Waals surface area contributed by atoms with Crippen LogP contribution in [0.25, 0.3) is 0 Å². The van der Waals surface area contributed by atoms with Gasteiger partial charge in [0.15, 0.2) is 5.16 Å². The van der Waals surface area contributed by atoms with Gasteiger partial charge in [0, 0.05) is 18.3 Å². The number of hydrogen-bond donors (Lipinski definition) is 1. The summed E-state index contributed by atoms with van der Waals surface area (Å²) < 4.78 is 2.03. The first-order valence-corrected chi connectivity index (χ1v) is 12.8. The summed E-state index contributed by atoms with van der Waals surface area (Å²) in [5.74, 6) is 1.90. The maximum Gasteiger partial charge on any atom is 0.235 e. The lowest BCUT2D eigenvalue weighted by molar-refractivity contribution is -0.113. The second-order valence-corrected chi connectivity index (χ2v) is 10.4. The van der Waals surface area contributed by atoms with Gasteiger partial charge in [0.1, 0.15) is 16.9 Å². The smallest absolute Gasteiger partial charge is 0.235 e. The average molecular weight is 444 g/mol. The molecule has 2 aromatic heterocycles. The van der Waals surface area contributed by atoms with E-state index >= 15 is 0 Å². The summed E-state index contributed by atoms with van der Waals surface area (Å²) in [7, 11) is 1.99. The quantitative estimate of drug-likeness (QED) is 0.509. The highest BCUT2D eigenvalue weighted by atomic mass is 32.2. The molecule has 0 atom stereocenters. The Morgan fingerprint density at radius 1 is 1.20 bits per heavy atom. The van der Waals surface area contributed by atoms with Gasteiger partial charge in [0.05, 0.1) is 11.3 Å². The van der Waals surface area contributed by atoms with Gasteiger partial charge in [0.25, 0.3) is 0 Å². The van der Waals surface area contributed by atoms with E-state index in [-0.39, 0.29) is 11.7 Å². The summed E-state index contributed by atoms with van der Waals surface area (Å²) in [5, 5.41) is 22.8. The summed E-state index contributed by atoms with van der Waals surface area (Å²) in [6, 6.07) is 2.32. The van der Waals surface area contributed by atoms with Crippen molar-refractivity contribution in [3.8, 4) is 6.07 Å². The van der Waals surface area contributed by atoms with Gasteiger partial charge >= 0.3 is 0 Å². The Labute approximate surface area is 186 Å². The van der Waals surface area contributed by atoms with Gasteiger partial charge < -0.3 is 9.88 Å². The Kier molecular flexibility index (Phi) is 7.11. The number of carbonyl (C=O) groups is 1. The number of anilines is 1. The average Bonchev–Trinajstić information content (AvgIpc) is 3.16. The number of thioether (sulfide) groups is 1. The highest BCUT2D eigenvalue weighted by Crippen LogP contribution is 2.37. The predicted molar refractivity (Wildman–Crippen MR) is 121 cm³/mol. The van der Waals surface area contributed by atoms with Crippen LogP contribution in [0.4, 0.5) is 5.00 Å². The lowest BCUT2D eigenvalue weighted by Crippen LogP contribution is -2.15. The van der Waals surface area contributed by atoms with Crippen molar-refractivity contribution < 1.29 is 4.79 Å². The number of aryl methyl sites for hydroxylation is 1. The zero-order chi connectivity index (χ0) is 20.9. The topological polar surface area (TPSA) is 83.6 Å². The molecule has 0 bridgehead atoms. The molecule has 6 nitrogen and oxygen atoms in total. The fourth-order valence-electron chi connectivity index (χ4n) is 4.54. The Morgan fingerprint density at radius 2 is 1.97 bits per heavy atom.